The normalized spacial score (nSPS) is 24.9. The van der Waals surface area contributed by atoms with Gasteiger partial charge in [0, 0.05) is 6.07 Å². The van der Waals surface area contributed by atoms with E-state index in [4.69, 9.17) is 0 Å². The monoisotopic (exact) mass is 489 g/mol. The third kappa shape index (κ3) is 2.36. The van der Waals surface area contributed by atoms with Crippen molar-refractivity contribution in [3.8, 4) is 0 Å². The summed E-state index contributed by atoms with van der Waals surface area (Å²) in [6.45, 7) is 0. The van der Waals surface area contributed by atoms with E-state index in [0.717, 1.165) is 0 Å². The van der Waals surface area contributed by atoms with E-state index in [9.17, 15) is 67.0 Å². The topological polar surface area (TPSA) is 40.1 Å². The van der Waals surface area contributed by atoms with Crippen molar-refractivity contribution in [2.75, 3.05) is 0 Å². The Bertz CT molecular complexity index is 1010. The molecule has 1 aromatic carbocycles. The van der Waals surface area contributed by atoms with E-state index in [1.54, 1.807) is 0 Å². The lowest BCUT2D eigenvalue weighted by Crippen LogP contribution is -2.65. The quantitative estimate of drug-likeness (QED) is 0.568. The maximum atomic E-state index is 14.2. The summed E-state index contributed by atoms with van der Waals surface area (Å²) >= 11 is 0. The second kappa shape index (κ2) is 6.31. The third-order valence-electron chi connectivity index (χ3n) is 5.47. The van der Waals surface area contributed by atoms with Gasteiger partial charge in [0.05, 0.1) is 0 Å². The molecule has 2 aliphatic rings. The predicted octanol–water partition coefficient (Wildman–Crippen LogP) is 4.66. The molecule has 0 spiro atoms. The van der Waals surface area contributed by atoms with Crippen LogP contribution >= 0.6 is 0 Å². The van der Waals surface area contributed by atoms with Gasteiger partial charge in [-0.1, -0.05) is 5.76 Å². The highest BCUT2D eigenvalue weighted by molar-refractivity contribution is 6.07. The highest BCUT2D eigenvalue weighted by Crippen LogP contribution is 2.76. The number of alkyl halides is 11. The first kappa shape index (κ1) is 24.2. The Morgan fingerprint density at radius 2 is 1.28 bits per heavy atom. The molecule has 0 amide bonds. The molecule has 0 heterocycles. The third-order valence-corrected chi connectivity index (χ3v) is 5.47. The lowest BCUT2D eigenvalue weighted by atomic mass is 9.70. The molecule has 0 saturated heterocycles. The Kier molecular flexibility index (Phi) is 4.76. The smallest absolute Gasteiger partial charge is 0.414 e. The minimum atomic E-state index is -7.43. The largest absolute Gasteiger partial charge is 0.872 e. The number of rotatable bonds is 2. The van der Waals surface area contributed by atoms with Crippen molar-refractivity contribution in [3.63, 3.8) is 0 Å². The van der Waals surface area contributed by atoms with Crippen LogP contribution in [-0.4, -0.2) is 35.6 Å². The van der Waals surface area contributed by atoms with Crippen LogP contribution in [0.3, 0.4) is 0 Å². The number of ketones is 1. The molecule has 1 saturated carbocycles. The van der Waals surface area contributed by atoms with E-state index in [-0.39, 0.29) is 12.1 Å². The highest BCUT2D eigenvalue weighted by Gasteiger charge is 3.06. The SMILES string of the molecule is O=C(C1=C([O-])c2cc(F)cc(F)c2CC1)C1(C(F)(F)F)C(F)(F)C(F)(F)C(F)(F)C1(F)F. The summed E-state index contributed by atoms with van der Waals surface area (Å²) in [5, 5.41) is 12.3. The summed E-state index contributed by atoms with van der Waals surface area (Å²) in [7, 11) is 0. The highest BCUT2D eigenvalue weighted by atomic mass is 19.4. The number of allylic oxidation sites excluding steroid dienone is 1. The molecular weight excluding hydrogens is 483 g/mol. The van der Waals surface area contributed by atoms with Crippen LogP contribution in [0.25, 0.3) is 5.76 Å². The first-order valence-corrected chi connectivity index (χ1v) is 8.23. The zero-order valence-electron chi connectivity index (χ0n) is 14.8. The van der Waals surface area contributed by atoms with Crippen molar-refractivity contribution < 1.29 is 67.0 Å². The van der Waals surface area contributed by atoms with Crippen LogP contribution in [0.1, 0.15) is 17.5 Å². The van der Waals surface area contributed by atoms with Crippen LogP contribution in [0.5, 0.6) is 0 Å². The first-order valence-electron chi connectivity index (χ1n) is 8.23. The number of fused-ring (bicyclic) bond motifs is 1. The molecule has 0 unspecified atom stereocenters. The van der Waals surface area contributed by atoms with Crippen LogP contribution in [0.2, 0.25) is 0 Å². The number of hydrogen-bond acceptors (Lipinski definition) is 2. The molecule has 0 aliphatic heterocycles. The Hall–Kier alpha value is -2.48. The standard InChI is InChI=1S/C17H7F13O2/c18-5-3-8-6(9(19)4-5)1-2-7(10(8)31)11(32)12(17(28,29)30)13(20,21)15(24,25)16(26,27)14(12,22)23/h3-4,31H,1-2H2/p-1. The molecule has 2 nitrogen and oxygen atoms in total. The lowest BCUT2D eigenvalue weighted by Gasteiger charge is -2.40. The van der Waals surface area contributed by atoms with Gasteiger partial charge in [0.15, 0.2) is 5.78 Å². The Labute approximate surface area is 168 Å². The summed E-state index contributed by atoms with van der Waals surface area (Å²) in [4.78, 5) is 12.4. The van der Waals surface area contributed by atoms with Crippen LogP contribution in [0, 0.1) is 17.0 Å². The lowest BCUT2D eigenvalue weighted by molar-refractivity contribution is -0.342. The van der Waals surface area contributed by atoms with E-state index in [2.05, 4.69) is 0 Å². The molecular formula is C17H6F13O2-. The Balaban J connectivity index is 2.40. The average Bonchev–Trinajstić information content (AvgIpc) is 2.66. The van der Waals surface area contributed by atoms with Gasteiger partial charge in [0.2, 0.25) is 0 Å². The molecule has 0 bridgehead atoms. The van der Waals surface area contributed by atoms with Crippen molar-refractivity contribution in [2.45, 2.75) is 42.7 Å². The summed E-state index contributed by atoms with van der Waals surface area (Å²) in [6.07, 6.45) is -9.92. The van der Waals surface area contributed by atoms with E-state index in [0.29, 0.717) is 0 Å². The number of hydrogen-bond donors (Lipinski definition) is 0. The van der Waals surface area contributed by atoms with E-state index >= 15 is 0 Å². The zero-order chi connectivity index (χ0) is 24.9. The molecule has 1 fully saturated rings. The minimum absolute atomic E-state index is 0.127. The Morgan fingerprint density at radius 3 is 1.72 bits per heavy atom. The van der Waals surface area contributed by atoms with Gasteiger partial charge in [-0.15, -0.1) is 0 Å². The van der Waals surface area contributed by atoms with Crippen molar-refractivity contribution in [3.05, 3.63) is 40.5 Å². The molecule has 2 aliphatic carbocycles. The van der Waals surface area contributed by atoms with Crippen molar-refractivity contribution in [1.82, 2.24) is 0 Å². The molecule has 3 rings (SSSR count). The van der Waals surface area contributed by atoms with E-state index < -0.39 is 88.0 Å². The van der Waals surface area contributed by atoms with Crippen molar-refractivity contribution in [1.29, 1.82) is 0 Å². The van der Waals surface area contributed by atoms with Crippen LogP contribution in [-0.2, 0) is 11.2 Å². The number of carbonyl (C=O) groups excluding carboxylic acids is 1. The van der Waals surface area contributed by atoms with Crippen LogP contribution in [0.4, 0.5) is 57.1 Å². The Morgan fingerprint density at radius 1 is 0.812 bits per heavy atom. The number of carbonyl (C=O) groups is 1. The van der Waals surface area contributed by atoms with Gasteiger partial charge in [0.1, 0.15) is 11.6 Å². The molecule has 1 aromatic rings. The van der Waals surface area contributed by atoms with Gasteiger partial charge >= 0.3 is 29.9 Å². The fourth-order valence-electron chi connectivity index (χ4n) is 3.86. The fraction of sp³-hybridized carbons (Fsp3) is 0.471. The van der Waals surface area contributed by atoms with Gasteiger partial charge in [-0.25, -0.2) is 8.78 Å². The summed E-state index contributed by atoms with van der Waals surface area (Å²) in [5.74, 6) is -38.5. The maximum absolute atomic E-state index is 14.2. The second-order valence-corrected chi connectivity index (χ2v) is 7.10. The molecule has 32 heavy (non-hydrogen) atoms. The second-order valence-electron chi connectivity index (χ2n) is 7.10. The van der Waals surface area contributed by atoms with Gasteiger partial charge in [-0.05, 0) is 35.6 Å². The van der Waals surface area contributed by atoms with Gasteiger partial charge in [0.25, 0.3) is 5.41 Å². The van der Waals surface area contributed by atoms with E-state index in [1.165, 1.54) is 0 Å². The maximum Gasteiger partial charge on any atom is 0.414 e. The molecule has 178 valence electrons. The molecule has 0 N–H and O–H groups in total. The molecule has 0 radical (unpaired) electrons. The van der Waals surface area contributed by atoms with Crippen molar-refractivity contribution >= 4 is 11.5 Å². The number of Topliss-reactive ketones (excluding diaryl/α,β-unsaturated/α-hetero) is 1. The number of benzene rings is 1. The van der Waals surface area contributed by atoms with Crippen LogP contribution in [0.15, 0.2) is 17.7 Å². The molecule has 0 aromatic heterocycles. The summed E-state index contributed by atoms with van der Waals surface area (Å²) in [5.41, 5.74) is -11.2. The first-order chi connectivity index (χ1) is 14.2. The van der Waals surface area contributed by atoms with Crippen molar-refractivity contribution in [2.24, 2.45) is 5.41 Å². The molecule has 0 atom stereocenters. The van der Waals surface area contributed by atoms with E-state index in [1.807, 2.05) is 0 Å². The molecule has 15 heteroatoms. The van der Waals surface area contributed by atoms with Gasteiger partial charge in [-0.2, -0.15) is 48.3 Å². The van der Waals surface area contributed by atoms with Gasteiger partial charge in [-0.3, -0.25) is 4.79 Å². The predicted molar refractivity (Wildman–Crippen MR) is 74.9 cm³/mol. The summed E-state index contributed by atoms with van der Waals surface area (Å²) < 4.78 is 179. The fourth-order valence-corrected chi connectivity index (χ4v) is 3.86. The van der Waals surface area contributed by atoms with Gasteiger partial charge < -0.3 is 5.11 Å². The van der Waals surface area contributed by atoms with Crippen LogP contribution < -0.4 is 5.11 Å². The minimum Gasteiger partial charge on any atom is -0.872 e. The average molecular weight is 489 g/mol. The zero-order valence-corrected chi connectivity index (χ0v) is 14.8. The summed E-state index contributed by atoms with van der Waals surface area (Å²) in [6, 6.07) is 0.318. The number of halogens is 13.